The first-order valence-corrected chi connectivity index (χ1v) is 8.49. The molecule has 1 heterocycles. The van der Waals surface area contributed by atoms with E-state index in [9.17, 15) is 8.42 Å². The Bertz CT molecular complexity index is 460. The third kappa shape index (κ3) is 4.47. The summed E-state index contributed by atoms with van der Waals surface area (Å²) < 4.78 is 26.5. The Morgan fingerprint density at radius 3 is 2.67 bits per heavy atom. The van der Waals surface area contributed by atoms with Crippen LogP contribution in [0.1, 0.15) is 6.92 Å². The van der Waals surface area contributed by atoms with Gasteiger partial charge in [0, 0.05) is 19.8 Å². The van der Waals surface area contributed by atoms with Crippen molar-refractivity contribution in [2.24, 2.45) is 5.92 Å². The molecular weight excluding hydrogens is 270 g/mol. The average molecular weight is 289 g/mol. The summed E-state index contributed by atoms with van der Waals surface area (Å²) in [5.74, 6) is 1.88. The van der Waals surface area contributed by atoms with Crippen LogP contribution >= 0.6 is 11.8 Å². The van der Waals surface area contributed by atoms with Crippen molar-refractivity contribution in [1.29, 1.82) is 0 Å². The maximum atomic E-state index is 12.0. The minimum absolute atomic E-state index is 0.192. The molecule has 18 heavy (non-hydrogen) atoms. The number of anilines is 1. The summed E-state index contributed by atoms with van der Waals surface area (Å²) in [6.07, 6.45) is 3.36. The van der Waals surface area contributed by atoms with E-state index in [2.05, 4.69) is 15.0 Å². The molecule has 0 bridgehead atoms. The Morgan fingerprint density at radius 2 is 2.17 bits per heavy atom. The second kappa shape index (κ2) is 6.96. The highest BCUT2D eigenvalue weighted by molar-refractivity contribution is 7.98. The summed E-state index contributed by atoms with van der Waals surface area (Å²) in [4.78, 5) is 4.18. The second-order valence-electron chi connectivity index (χ2n) is 4.04. The van der Waals surface area contributed by atoms with Gasteiger partial charge in [-0.1, -0.05) is 6.92 Å². The fraction of sp³-hybridized carbons (Fsp3) is 0.545. The van der Waals surface area contributed by atoms with Crippen LogP contribution in [-0.2, 0) is 10.0 Å². The van der Waals surface area contributed by atoms with Crippen LogP contribution < -0.4 is 10.0 Å². The molecule has 0 saturated carbocycles. The lowest BCUT2D eigenvalue weighted by molar-refractivity contribution is 0.562. The van der Waals surface area contributed by atoms with Gasteiger partial charge in [-0.25, -0.2) is 18.1 Å². The SMILES string of the molecule is CNc1ccc(S(=O)(=O)NCC(C)CSC)cn1. The van der Waals surface area contributed by atoms with Crippen LogP contribution in [-0.4, -0.2) is 39.0 Å². The van der Waals surface area contributed by atoms with Crippen molar-refractivity contribution in [3.8, 4) is 0 Å². The first-order chi connectivity index (χ1) is 8.49. The molecule has 7 heteroatoms. The number of thioether (sulfide) groups is 1. The maximum absolute atomic E-state index is 12.0. The molecule has 0 radical (unpaired) electrons. The van der Waals surface area contributed by atoms with Gasteiger partial charge in [0.2, 0.25) is 10.0 Å². The van der Waals surface area contributed by atoms with E-state index in [1.54, 1.807) is 30.9 Å². The van der Waals surface area contributed by atoms with Gasteiger partial charge in [0.25, 0.3) is 0 Å². The highest BCUT2D eigenvalue weighted by Crippen LogP contribution is 2.11. The minimum atomic E-state index is -3.45. The van der Waals surface area contributed by atoms with Crippen molar-refractivity contribution in [2.75, 3.05) is 30.9 Å². The van der Waals surface area contributed by atoms with E-state index in [1.807, 2.05) is 13.2 Å². The number of aromatic nitrogens is 1. The van der Waals surface area contributed by atoms with E-state index in [4.69, 9.17) is 0 Å². The molecule has 0 amide bonds. The number of sulfonamides is 1. The fourth-order valence-corrected chi connectivity index (χ4v) is 3.16. The Kier molecular flexibility index (Phi) is 5.90. The monoisotopic (exact) mass is 289 g/mol. The van der Waals surface area contributed by atoms with Crippen molar-refractivity contribution in [2.45, 2.75) is 11.8 Å². The summed E-state index contributed by atoms with van der Waals surface area (Å²) in [5, 5.41) is 2.84. The summed E-state index contributed by atoms with van der Waals surface area (Å²) in [6.45, 7) is 2.46. The number of hydrogen-bond donors (Lipinski definition) is 2. The molecule has 0 aliphatic rings. The molecule has 0 aliphatic heterocycles. The van der Waals surface area contributed by atoms with E-state index in [0.717, 1.165) is 5.75 Å². The highest BCUT2D eigenvalue weighted by Gasteiger charge is 2.15. The quantitative estimate of drug-likeness (QED) is 0.794. The Hall–Kier alpha value is -0.790. The molecule has 1 atom stereocenters. The van der Waals surface area contributed by atoms with Gasteiger partial charge < -0.3 is 5.32 Å². The molecule has 2 N–H and O–H groups in total. The van der Waals surface area contributed by atoms with E-state index in [1.165, 1.54) is 6.20 Å². The van der Waals surface area contributed by atoms with Gasteiger partial charge in [-0.15, -0.1) is 0 Å². The lowest BCUT2D eigenvalue weighted by Crippen LogP contribution is -2.29. The van der Waals surface area contributed by atoms with E-state index in [0.29, 0.717) is 18.3 Å². The third-order valence-corrected chi connectivity index (χ3v) is 4.69. The highest BCUT2D eigenvalue weighted by atomic mass is 32.2. The van der Waals surface area contributed by atoms with E-state index < -0.39 is 10.0 Å². The summed E-state index contributed by atoms with van der Waals surface area (Å²) in [6, 6.07) is 3.18. The molecule has 0 aromatic carbocycles. The van der Waals surface area contributed by atoms with Crippen LogP contribution in [0, 0.1) is 5.92 Å². The van der Waals surface area contributed by atoms with Gasteiger partial charge in [0.1, 0.15) is 10.7 Å². The van der Waals surface area contributed by atoms with Crippen molar-refractivity contribution in [3.63, 3.8) is 0 Å². The van der Waals surface area contributed by atoms with Crippen LogP contribution in [0.5, 0.6) is 0 Å². The van der Waals surface area contributed by atoms with Crippen LogP contribution in [0.15, 0.2) is 23.2 Å². The average Bonchev–Trinajstić information content (AvgIpc) is 2.37. The van der Waals surface area contributed by atoms with Crippen LogP contribution in [0.25, 0.3) is 0 Å². The number of nitrogens with zero attached hydrogens (tertiary/aromatic N) is 1. The smallest absolute Gasteiger partial charge is 0.242 e. The molecular formula is C11H19N3O2S2. The zero-order chi connectivity index (χ0) is 13.6. The van der Waals surface area contributed by atoms with Crippen molar-refractivity contribution in [3.05, 3.63) is 18.3 Å². The zero-order valence-electron chi connectivity index (χ0n) is 10.8. The molecule has 0 aliphatic carbocycles. The summed E-state index contributed by atoms with van der Waals surface area (Å²) >= 11 is 1.71. The molecule has 0 fully saturated rings. The van der Waals surface area contributed by atoms with Gasteiger partial charge in [-0.05, 0) is 30.1 Å². The standard InChI is InChI=1S/C11H19N3O2S2/c1-9(8-17-3)6-14-18(15,16)10-4-5-11(12-2)13-7-10/h4-5,7,9,14H,6,8H2,1-3H3,(H,12,13). The normalized spacial score (nSPS) is 13.3. The third-order valence-electron chi connectivity index (χ3n) is 2.38. The number of rotatable bonds is 7. The van der Waals surface area contributed by atoms with Gasteiger partial charge in [-0.2, -0.15) is 11.8 Å². The molecule has 0 saturated heterocycles. The maximum Gasteiger partial charge on any atom is 0.242 e. The lowest BCUT2D eigenvalue weighted by Gasteiger charge is -2.11. The predicted octanol–water partition coefficient (Wildman–Crippen LogP) is 1.40. The summed E-state index contributed by atoms with van der Waals surface area (Å²) in [7, 11) is -1.71. The van der Waals surface area contributed by atoms with Crippen molar-refractivity contribution in [1.82, 2.24) is 9.71 Å². The second-order valence-corrected chi connectivity index (χ2v) is 6.72. The first kappa shape index (κ1) is 15.3. The largest absolute Gasteiger partial charge is 0.373 e. The Morgan fingerprint density at radius 1 is 1.44 bits per heavy atom. The van der Waals surface area contributed by atoms with Crippen LogP contribution in [0.3, 0.4) is 0 Å². The van der Waals surface area contributed by atoms with E-state index in [-0.39, 0.29) is 4.90 Å². The van der Waals surface area contributed by atoms with E-state index >= 15 is 0 Å². The first-order valence-electron chi connectivity index (χ1n) is 5.62. The summed E-state index contributed by atoms with van der Waals surface area (Å²) in [5.41, 5.74) is 0. The van der Waals surface area contributed by atoms with Gasteiger partial charge in [0.15, 0.2) is 0 Å². The Balaban J connectivity index is 2.67. The lowest BCUT2D eigenvalue weighted by atomic mass is 10.2. The minimum Gasteiger partial charge on any atom is -0.373 e. The number of hydrogen-bond acceptors (Lipinski definition) is 5. The molecule has 102 valence electrons. The van der Waals surface area contributed by atoms with Crippen LogP contribution in [0.2, 0.25) is 0 Å². The van der Waals surface area contributed by atoms with Crippen LogP contribution in [0.4, 0.5) is 5.82 Å². The van der Waals surface area contributed by atoms with Crippen molar-refractivity contribution >= 4 is 27.6 Å². The molecule has 1 rings (SSSR count). The topological polar surface area (TPSA) is 71.1 Å². The number of nitrogens with one attached hydrogen (secondary N) is 2. The number of pyridine rings is 1. The molecule has 1 unspecified atom stereocenters. The van der Waals surface area contributed by atoms with Gasteiger partial charge >= 0.3 is 0 Å². The Labute approximate surface area is 113 Å². The zero-order valence-corrected chi connectivity index (χ0v) is 12.4. The predicted molar refractivity (Wildman–Crippen MR) is 76.5 cm³/mol. The molecule has 0 spiro atoms. The fourth-order valence-electron chi connectivity index (χ4n) is 1.37. The molecule has 5 nitrogen and oxygen atoms in total. The van der Waals surface area contributed by atoms with Gasteiger partial charge in [0.05, 0.1) is 0 Å². The molecule has 1 aromatic rings. The van der Waals surface area contributed by atoms with Crippen molar-refractivity contribution < 1.29 is 8.42 Å². The van der Waals surface area contributed by atoms with Gasteiger partial charge in [-0.3, -0.25) is 0 Å². The molecule has 1 aromatic heterocycles.